The molecule has 0 aromatic heterocycles. The Morgan fingerprint density at radius 1 is 1.29 bits per heavy atom. The van der Waals surface area contributed by atoms with E-state index < -0.39 is 6.04 Å². The highest BCUT2D eigenvalue weighted by atomic mass is 35.5. The Morgan fingerprint density at radius 2 is 1.96 bits per heavy atom. The number of anilines is 1. The molecule has 2 N–H and O–H groups in total. The summed E-state index contributed by atoms with van der Waals surface area (Å²) in [5.74, 6) is 0.313. The molecule has 0 bridgehead atoms. The van der Waals surface area contributed by atoms with Gasteiger partial charge in [-0.05, 0) is 47.8 Å². The zero-order valence-electron chi connectivity index (χ0n) is 14.9. The van der Waals surface area contributed by atoms with Gasteiger partial charge < -0.3 is 15.4 Å². The van der Waals surface area contributed by atoms with Crippen LogP contribution in [0.2, 0.25) is 0 Å². The standard InChI is InChI=1S/C19H28N2O2.ClH/c1-19(2,3)15-4-5-16-14(12-15)6-9-21(16)18(22)17(20)13-7-10-23-11-8-13;/h4-5,12-13,17H,6-11,20H2,1-3H3;1H. The molecule has 134 valence electrons. The lowest BCUT2D eigenvalue weighted by Gasteiger charge is -2.30. The van der Waals surface area contributed by atoms with Gasteiger partial charge in [-0.1, -0.05) is 32.9 Å². The highest BCUT2D eigenvalue weighted by Gasteiger charge is 2.33. The topological polar surface area (TPSA) is 55.6 Å². The molecule has 2 aliphatic heterocycles. The fourth-order valence-electron chi connectivity index (χ4n) is 3.55. The van der Waals surface area contributed by atoms with E-state index in [1.54, 1.807) is 0 Å². The van der Waals surface area contributed by atoms with Crippen LogP contribution in [-0.4, -0.2) is 31.7 Å². The summed E-state index contributed by atoms with van der Waals surface area (Å²) in [7, 11) is 0. The number of fused-ring (bicyclic) bond motifs is 1. The molecule has 24 heavy (non-hydrogen) atoms. The van der Waals surface area contributed by atoms with Crippen molar-refractivity contribution in [3.63, 3.8) is 0 Å². The van der Waals surface area contributed by atoms with Crippen molar-refractivity contribution in [3.05, 3.63) is 29.3 Å². The molecular weight excluding hydrogens is 324 g/mol. The summed E-state index contributed by atoms with van der Waals surface area (Å²) in [6.45, 7) is 8.84. The minimum absolute atomic E-state index is 0. The molecule has 5 heteroatoms. The molecule has 1 fully saturated rings. The first kappa shape index (κ1) is 19.2. The van der Waals surface area contributed by atoms with Gasteiger partial charge in [0.2, 0.25) is 5.91 Å². The number of nitrogens with two attached hydrogens (primary N) is 1. The summed E-state index contributed by atoms with van der Waals surface area (Å²) >= 11 is 0. The Kier molecular flexibility index (Phi) is 5.95. The number of ether oxygens (including phenoxy) is 1. The minimum atomic E-state index is -0.410. The Hall–Kier alpha value is -1.10. The number of nitrogens with zero attached hydrogens (tertiary/aromatic N) is 1. The van der Waals surface area contributed by atoms with Gasteiger partial charge in [-0.3, -0.25) is 4.79 Å². The second-order valence-electron chi connectivity index (χ2n) is 7.81. The lowest BCUT2D eigenvalue weighted by molar-refractivity contribution is -0.121. The molecule has 0 aliphatic carbocycles. The number of amides is 1. The molecule has 2 heterocycles. The van der Waals surface area contributed by atoms with Crippen LogP contribution >= 0.6 is 12.4 Å². The molecule has 0 saturated carbocycles. The van der Waals surface area contributed by atoms with Crippen LogP contribution in [0.3, 0.4) is 0 Å². The van der Waals surface area contributed by atoms with Crippen molar-refractivity contribution in [1.29, 1.82) is 0 Å². The van der Waals surface area contributed by atoms with Gasteiger partial charge in [0, 0.05) is 25.4 Å². The van der Waals surface area contributed by atoms with Gasteiger partial charge in [0.15, 0.2) is 0 Å². The maximum Gasteiger partial charge on any atom is 0.244 e. The predicted octanol–water partition coefficient (Wildman–Crippen LogP) is 3.05. The van der Waals surface area contributed by atoms with Crippen LogP contribution in [0.15, 0.2) is 18.2 Å². The maximum absolute atomic E-state index is 12.8. The van der Waals surface area contributed by atoms with Crippen LogP contribution in [0.1, 0.15) is 44.7 Å². The summed E-state index contributed by atoms with van der Waals surface area (Å²) in [5.41, 5.74) is 10.0. The van der Waals surface area contributed by atoms with E-state index >= 15 is 0 Å². The second-order valence-corrected chi connectivity index (χ2v) is 7.81. The van der Waals surface area contributed by atoms with Gasteiger partial charge in [-0.15, -0.1) is 12.4 Å². The van der Waals surface area contributed by atoms with Crippen molar-refractivity contribution < 1.29 is 9.53 Å². The van der Waals surface area contributed by atoms with Crippen molar-refractivity contribution in [2.75, 3.05) is 24.7 Å². The number of hydrogen-bond acceptors (Lipinski definition) is 3. The SMILES string of the molecule is CC(C)(C)c1ccc2c(c1)CCN2C(=O)C(N)C1CCOCC1.Cl. The van der Waals surface area contributed by atoms with Gasteiger partial charge in [-0.25, -0.2) is 0 Å². The van der Waals surface area contributed by atoms with Gasteiger partial charge in [0.1, 0.15) is 0 Å². The van der Waals surface area contributed by atoms with Gasteiger partial charge in [-0.2, -0.15) is 0 Å². The molecule has 1 atom stereocenters. The summed E-state index contributed by atoms with van der Waals surface area (Å²) < 4.78 is 5.38. The molecule has 3 rings (SSSR count). The third kappa shape index (κ3) is 3.76. The van der Waals surface area contributed by atoms with E-state index in [0.29, 0.717) is 0 Å². The number of halogens is 1. The zero-order chi connectivity index (χ0) is 16.6. The van der Waals surface area contributed by atoms with Crippen LogP contribution < -0.4 is 10.6 Å². The van der Waals surface area contributed by atoms with Gasteiger partial charge >= 0.3 is 0 Å². The Labute approximate surface area is 151 Å². The first-order valence-electron chi connectivity index (χ1n) is 8.66. The lowest BCUT2D eigenvalue weighted by Crippen LogP contribution is -2.48. The lowest BCUT2D eigenvalue weighted by atomic mass is 9.86. The van der Waals surface area contributed by atoms with E-state index in [1.807, 2.05) is 4.90 Å². The maximum atomic E-state index is 12.8. The zero-order valence-corrected chi connectivity index (χ0v) is 15.7. The van der Waals surface area contributed by atoms with Crippen LogP contribution in [0.5, 0.6) is 0 Å². The van der Waals surface area contributed by atoms with Crippen LogP contribution in [0.4, 0.5) is 5.69 Å². The Bertz CT molecular complexity index is 592. The minimum Gasteiger partial charge on any atom is -0.381 e. The summed E-state index contributed by atoms with van der Waals surface area (Å²) in [6, 6.07) is 6.08. The molecular formula is C19H29ClN2O2. The van der Waals surface area contributed by atoms with E-state index in [0.717, 1.165) is 44.7 Å². The molecule has 1 aromatic rings. The quantitative estimate of drug-likeness (QED) is 0.890. The normalized spacial score (nSPS) is 19.6. The van der Waals surface area contributed by atoms with Crippen LogP contribution in [0, 0.1) is 5.92 Å². The van der Waals surface area contributed by atoms with Crippen molar-refractivity contribution >= 4 is 24.0 Å². The molecule has 1 aromatic carbocycles. The predicted molar refractivity (Wildman–Crippen MR) is 100.0 cm³/mol. The highest BCUT2D eigenvalue weighted by Crippen LogP contribution is 2.34. The number of hydrogen-bond donors (Lipinski definition) is 1. The van der Waals surface area contributed by atoms with Crippen molar-refractivity contribution in [2.45, 2.75) is 51.5 Å². The molecule has 0 spiro atoms. The summed E-state index contributed by atoms with van der Waals surface area (Å²) in [4.78, 5) is 14.7. The number of carbonyl (C=O) groups is 1. The fourth-order valence-corrected chi connectivity index (χ4v) is 3.55. The molecule has 1 saturated heterocycles. The molecule has 4 nitrogen and oxygen atoms in total. The van der Waals surface area contributed by atoms with Crippen LogP contribution in [-0.2, 0) is 21.4 Å². The monoisotopic (exact) mass is 352 g/mol. The molecule has 0 radical (unpaired) electrons. The number of rotatable bonds is 2. The van der Waals surface area contributed by atoms with Gasteiger partial charge in [0.05, 0.1) is 6.04 Å². The van der Waals surface area contributed by atoms with E-state index in [-0.39, 0.29) is 29.6 Å². The largest absolute Gasteiger partial charge is 0.381 e. The van der Waals surface area contributed by atoms with E-state index in [2.05, 4.69) is 39.0 Å². The average Bonchev–Trinajstić information content (AvgIpc) is 2.96. The summed E-state index contributed by atoms with van der Waals surface area (Å²) in [5, 5.41) is 0. The first-order chi connectivity index (χ1) is 10.9. The van der Waals surface area contributed by atoms with E-state index in [9.17, 15) is 4.79 Å². The first-order valence-corrected chi connectivity index (χ1v) is 8.66. The van der Waals surface area contributed by atoms with Crippen molar-refractivity contribution in [2.24, 2.45) is 11.7 Å². The molecule has 1 amide bonds. The van der Waals surface area contributed by atoms with Gasteiger partial charge in [0.25, 0.3) is 0 Å². The smallest absolute Gasteiger partial charge is 0.244 e. The average molecular weight is 353 g/mol. The molecule has 1 unspecified atom stereocenters. The third-order valence-electron chi connectivity index (χ3n) is 5.17. The Balaban J connectivity index is 0.00000208. The molecule has 2 aliphatic rings. The Morgan fingerprint density at radius 3 is 2.58 bits per heavy atom. The van der Waals surface area contributed by atoms with Crippen LogP contribution in [0.25, 0.3) is 0 Å². The fraction of sp³-hybridized carbons (Fsp3) is 0.632. The van der Waals surface area contributed by atoms with E-state index in [1.165, 1.54) is 11.1 Å². The van der Waals surface area contributed by atoms with Crippen molar-refractivity contribution in [3.8, 4) is 0 Å². The summed E-state index contributed by atoms with van der Waals surface area (Å²) in [6.07, 6.45) is 2.69. The van der Waals surface area contributed by atoms with E-state index in [4.69, 9.17) is 10.5 Å². The number of carbonyl (C=O) groups excluding carboxylic acids is 1. The second kappa shape index (κ2) is 7.42. The number of benzene rings is 1. The third-order valence-corrected chi connectivity index (χ3v) is 5.17. The highest BCUT2D eigenvalue weighted by molar-refractivity contribution is 5.99. The van der Waals surface area contributed by atoms with Crippen molar-refractivity contribution in [1.82, 2.24) is 0 Å².